The molecule has 5 heteroatoms. The lowest BCUT2D eigenvalue weighted by molar-refractivity contribution is 0.475. The summed E-state index contributed by atoms with van der Waals surface area (Å²) in [6, 6.07) is 6.35. The molecular formula is C7H9O3PS. The highest BCUT2D eigenvalue weighted by Crippen LogP contribution is 2.32. The van der Waals surface area contributed by atoms with Crippen LogP contribution in [0.5, 0.6) is 5.75 Å². The van der Waals surface area contributed by atoms with Gasteiger partial charge in [-0.1, -0.05) is 0 Å². The molecule has 1 rings (SSSR count). The average Bonchev–Trinajstić information content (AvgIpc) is 2.04. The molecule has 2 atom stereocenters. The summed E-state index contributed by atoms with van der Waals surface area (Å²) in [6.45, 7) is 1.72. The molecule has 0 aliphatic rings. The van der Waals surface area contributed by atoms with Crippen molar-refractivity contribution < 1.29 is 13.9 Å². The first-order valence-electron chi connectivity index (χ1n) is 3.25. The van der Waals surface area contributed by atoms with Crippen LogP contribution in [0, 0.1) is 0 Å². The van der Waals surface area contributed by atoms with Crippen molar-refractivity contribution in [2.24, 2.45) is 0 Å². The maximum Gasteiger partial charge on any atom is 0.178 e. The highest BCUT2D eigenvalue weighted by atomic mass is 32.8. The van der Waals surface area contributed by atoms with Gasteiger partial charge < -0.3 is 9.66 Å². The van der Waals surface area contributed by atoms with Gasteiger partial charge in [0.2, 0.25) is 0 Å². The number of rotatable bonds is 2. The number of hydrogen-bond acceptors (Lipinski definition) is 2. The molecule has 0 aromatic heterocycles. The van der Waals surface area contributed by atoms with Crippen LogP contribution in [0.1, 0.15) is 0 Å². The highest BCUT2D eigenvalue weighted by Gasteiger charge is 2.09. The lowest BCUT2D eigenvalue weighted by Gasteiger charge is -2.06. The van der Waals surface area contributed by atoms with Gasteiger partial charge in [0, 0.05) is 7.12 Å². The van der Waals surface area contributed by atoms with Crippen LogP contribution in [0.15, 0.2) is 24.3 Å². The molecule has 3 nitrogen and oxygen atoms in total. The lowest BCUT2D eigenvalue weighted by Crippen LogP contribution is -2.01. The van der Waals surface area contributed by atoms with Gasteiger partial charge in [-0.25, -0.2) is 4.21 Å². The summed E-state index contributed by atoms with van der Waals surface area (Å²) < 4.78 is 19.4. The quantitative estimate of drug-likeness (QED) is 0.563. The molecule has 2 unspecified atom stereocenters. The second-order valence-electron chi connectivity index (χ2n) is 2.24. The molecule has 1 aromatic rings. The van der Waals surface area contributed by atoms with Crippen molar-refractivity contribution in [3.05, 3.63) is 24.3 Å². The van der Waals surface area contributed by atoms with E-state index >= 15 is 0 Å². The van der Waals surface area contributed by atoms with Crippen molar-refractivity contribution in [3.8, 4) is 5.75 Å². The van der Waals surface area contributed by atoms with Gasteiger partial charge in [0.25, 0.3) is 0 Å². The Morgan fingerprint density at radius 2 is 1.83 bits per heavy atom. The normalized spacial score (nSPS) is 15.5. The number of benzene rings is 1. The van der Waals surface area contributed by atoms with E-state index in [0.29, 0.717) is 0 Å². The van der Waals surface area contributed by atoms with E-state index < -0.39 is 17.8 Å². The number of phenols is 1. The van der Waals surface area contributed by atoms with Crippen LogP contribution in [-0.2, 0) is 10.7 Å². The van der Waals surface area contributed by atoms with Gasteiger partial charge >= 0.3 is 0 Å². The summed E-state index contributed by atoms with van der Waals surface area (Å²) in [4.78, 5) is 0. The fourth-order valence-corrected chi connectivity index (χ4v) is 2.41. The minimum atomic E-state index is -1.78. The van der Waals surface area contributed by atoms with Crippen LogP contribution in [0.2, 0.25) is 0 Å². The van der Waals surface area contributed by atoms with E-state index in [2.05, 4.69) is 0 Å². The van der Waals surface area contributed by atoms with Gasteiger partial charge in [-0.05, 0) is 36.2 Å². The maximum atomic E-state index is 10.7. The molecular weight excluding hydrogens is 195 g/mol. The Morgan fingerprint density at radius 1 is 1.33 bits per heavy atom. The van der Waals surface area contributed by atoms with Crippen LogP contribution in [0.3, 0.4) is 0 Å². The molecule has 0 amide bonds. The zero-order valence-corrected chi connectivity index (χ0v) is 8.18. The van der Waals surface area contributed by atoms with Crippen molar-refractivity contribution in [1.29, 1.82) is 0 Å². The van der Waals surface area contributed by atoms with Crippen molar-refractivity contribution in [2.75, 3.05) is 6.66 Å². The summed E-state index contributed by atoms with van der Waals surface area (Å²) in [7, 11) is -2.82. The molecule has 0 heterocycles. The first-order chi connectivity index (χ1) is 5.61. The Morgan fingerprint density at radius 3 is 2.25 bits per heavy atom. The molecule has 0 bridgehead atoms. The minimum Gasteiger partial charge on any atom is -0.508 e. The molecule has 12 heavy (non-hydrogen) atoms. The smallest absolute Gasteiger partial charge is 0.178 e. The molecule has 0 aliphatic carbocycles. The number of aromatic hydroxyl groups is 1. The highest BCUT2D eigenvalue weighted by molar-refractivity contribution is 8.46. The third-order valence-corrected chi connectivity index (χ3v) is 4.98. The van der Waals surface area contributed by atoms with E-state index in [9.17, 15) is 4.21 Å². The molecule has 0 saturated heterocycles. The van der Waals surface area contributed by atoms with Crippen LogP contribution in [0.4, 0.5) is 0 Å². The SMILES string of the molecule is CP(c1ccc(O)cc1)S(=O)O. The van der Waals surface area contributed by atoms with E-state index in [-0.39, 0.29) is 5.75 Å². The van der Waals surface area contributed by atoms with Gasteiger partial charge in [0.05, 0.1) is 0 Å². The van der Waals surface area contributed by atoms with Crippen molar-refractivity contribution in [3.63, 3.8) is 0 Å². The monoisotopic (exact) mass is 204 g/mol. The zero-order valence-electron chi connectivity index (χ0n) is 6.47. The largest absolute Gasteiger partial charge is 0.508 e. The molecule has 0 radical (unpaired) electrons. The third kappa shape index (κ3) is 2.27. The molecule has 66 valence electrons. The van der Waals surface area contributed by atoms with Crippen LogP contribution in [-0.4, -0.2) is 20.5 Å². The summed E-state index contributed by atoms with van der Waals surface area (Å²) in [6.07, 6.45) is 0. The maximum absolute atomic E-state index is 10.7. The Labute approximate surface area is 74.2 Å². The third-order valence-electron chi connectivity index (χ3n) is 1.45. The average molecular weight is 204 g/mol. The molecule has 1 aromatic carbocycles. The van der Waals surface area contributed by atoms with E-state index in [1.165, 1.54) is 12.1 Å². The molecule has 0 fully saturated rings. The van der Waals surface area contributed by atoms with Gasteiger partial charge in [-0.2, -0.15) is 0 Å². The summed E-state index contributed by atoms with van der Waals surface area (Å²) >= 11 is 0. The number of phenolic OH excluding ortho intramolecular Hbond substituents is 1. The Balaban J connectivity index is 2.89. The zero-order chi connectivity index (χ0) is 9.14. The second-order valence-corrected chi connectivity index (χ2v) is 6.80. The fraction of sp³-hybridized carbons (Fsp3) is 0.143. The summed E-state index contributed by atoms with van der Waals surface area (Å²) in [5.74, 6) is 0.172. The first-order valence-corrected chi connectivity index (χ1v) is 6.75. The predicted molar refractivity (Wildman–Crippen MR) is 51.4 cm³/mol. The van der Waals surface area contributed by atoms with Gasteiger partial charge in [0.1, 0.15) is 5.75 Å². The molecule has 0 spiro atoms. The van der Waals surface area contributed by atoms with E-state index in [1.807, 2.05) is 0 Å². The standard InChI is InChI=1S/C7H9O3PS/c1-11(12(9)10)7-4-2-6(8)3-5-7/h2-5,8H,1H3,(H,9,10). The Bertz CT molecular complexity index is 285. The van der Waals surface area contributed by atoms with Crippen molar-refractivity contribution in [1.82, 2.24) is 0 Å². The van der Waals surface area contributed by atoms with Crippen LogP contribution < -0.4 is 5.30 Å². The lowest BCUT2D eigenvalue weighted by atomic mass is 10.3. The van der Waals surface area contributed by atoms with E-state index in [1.54, 1.807) is 18.8 Å². The van der Waals surface area contributed by atoms with Gasteiger partial charge in [-0.15, -0.1) is 0 Å². The number of hydrogen-bond donors (Lipinski definition) is 2. The molecule has 0 aliphatic heterocycles. The Hall–Kier alpha value is -0.440. The first kappa shape index (κ1) is 9.65. The Kier molecular flexibility index (Phi) is 3.20. The topological polar surface area (TPSA) is 57.5 Å². The summed E-state index contributed by atoms with van der Waals surface area (Å²) in [5, 5.41) is 9.75. The van der Waals surface area contributed by atoms with Gasteiger partial charge in [0.15, 0.2) is 10.7 Å². The van der Waals surface area contributed by atoms with Crippen molar-refractivity contribution >= 4 is 23.1 Å². The van der Waals surface area contributed by atoms with Gasteiger partial charge in [-0.3, -0.25) is 0 Å². The van der Waals surface area contributed by atoms with Crippen LogP contribution in [0.25, 0.3) is 0 Å². The second kappa shape index (κ2) is 3.99. The fourth-order valence-electron chi connectivity index (χ4n) is 0.753. The molecule has 0 saturated carbocycles. The minimum absolute atomic E-state index is 0.172. The van der Waals surface area contributed by atoms with Crippen molar-refractivity contribution in [2.45, 2.75) is 0 Å². The van der Waals surface area contributed by atoms with Crippen LogP contribution >= 0.6 is 7.12 Å². The van der Waals surface area contributed by atoms with E-state index in [0.717, 1.165) is 5.30 Å². The molecule has 2 N–H and O–H groups in total. The predicted octanol–water partition coefficient (Wildman–Crippen LogP) is 1.27. The van der Waals surface area contributed by atoms with E-state index in [4.69, 9.17) is 9.66 Å². The summed E-state index contributed by atoms with van der Waals surface area (Å²) in [5.41, 5.74) is 0.